The summed E-state index contributed by atoms with van der Waals surface area (Å²) < 4.78 is 0. The van der Waals surface area contributed by atoms with Crippen molar-refractivity contribution in [2.75, 3.05) is 44.2 Å². The second kappa shape index (κ2) is 9.32. The highest BCUT2D eigenvalue weighted by Crippen LogP contribution is 2.27. The van der Waals surface area contributed by atoms with E-state index in [0.717, 1.165) is 34.0 Å². The normalized spacial score (nSPS) is 16.5. The van der Waals surface area contributed by atoms with Gasteiger partial charge >= 0.3 is 0 Å². The topological polar surface area (TPSA) is 60.9 Å². The summed E-state index contributed by atoms with van der Waals surface area (Å²) in [4.78, 5) is 45.8. The van der Waals surface area contributed by atoms with Gasteiger partial charge in [0.25, 0.3) is 0 Å². The van der Waals surface area contributed by atoms with Crippen molar-refractivity contribution in [1.29, 1.82) is 0 Å². The Morgan fingerprint density at radius 2 is 1.68 bits per heavy atom. The van der Waals surface area contributed by atoms with Gasteiger partial charge in [0.15, 0.2) is 5.78 Å². The number of piperazine rings is 1. The quantitative estimate of drug-likeness (QED) is 0.649. The molecule has 7 heteroatoms. The predicted molar refractivity (Wildman–Crippen MR) is 123 cm³/mol. The Labute approximate surface area is 187 Å². The van der Waals surface area contributed by atoms with Crippen LogP contribution < -0.4 is 4.90 Å². The van der Waals surface area contributed by atoms with Gasteiger partial charge in [0.05, 0.1) is 6.54 Å². The van der Waals surface area contributed by atoms with E-state index < -0.39 is 0 Å². The molecule has 0 bridgehead atoms. The first kappa shape index (κ1) is 21.7. The number of fused-ring (bicyclic) bond motifs is 1. The third kappa shape index (κ3) is 4.88. The second-order valence-corrected chi connectivity index (χ2v) is 9.79. The SMILES string of the molecule is Cc1cc(C(=O)CCC(=O)N2CCN(CC(=O)N3CCc4ccccc43)CC2)c(C)s1. The zero-order valence-corrected chi connectivity index (χ0v) is 19.0. The Bertz CT molecular complexity index is 992. The van der Waals surface area contributed by atoms with Crippen LogP contribution in [0.3, 0.4) is 0 Å². The summed E-state index contributed by atoms with van der Waals surface area (Å²) in [7, 11) is 0. The maximum Gasteiger partial charge on any atom is 0.241 e. The highest BCUT2D eigenvalue weighted by atomic mass is 32.1. The van der Waals surface area contributed by atoms with Crippen LogP contribution in [0.2, 0.25) is 0 Å². The number of rotatable bonds is 6. The molecule has 2 amide bonds. The standard InChI is InChI=1S/C24H29N3O3S/c1-17-15-20(18(2)31-17)22(28)7-8-23(29)26-13-11-25(12-14-26)16-24(30)27-10-9-19-5-3-4-6-21(19)27/h3-6,15H,7-14,16H2,1-2H3. The van der Waals surface area contributed by atoms with Crippen LogP contribution >= 0.6 is 11.3 Å². The Morgan fingerprint density at radius 1 is 0.935 bits per heavy atom. The summed E-state index contributed by atoms with van der Waals surface area (Å²) in [5.41, 5.74) is 3.01. The first-order valence-corrected chi connectivity index (χ1v) is 11.7. The molecule has 31 heavy (non-hydrogen) atoms. The molecular formula is C24H29N3O3S. The first-order chi connectivity index (χ1) is 14.9. The molecule has 0 unspecified atom stereocenters. The van der Waals surface area contributed by atoms with Gasteiger partial charge in [0.1, 0.15) is 0 Å². The number of thiophene rings is 1. The largest absolute Gasteiger partial charge is 0.340 e. The van der Waals surface area contributed by atoms with E-state index in [2.05, 4.69) is 11.0 Å². The fourth-order valence-electron chi connectivity index (χ4n) is 4.45. The van der Waals surface area contributed by atoms with Gasteiger partial charge in [-0.15, -0.1) is 11.3 Å². The zero-order chi connectivity index (χ0) is 22.0. The highest BCUT2D eigenvalue weighted by Gasteiger charge is 2.28. The van der Waals surface area contributed by atoms with Crippen LogP contribution in [0.5, 0.6) is 0 Å². The van der Waals surface area contributed by atoms with E-state index in [4.69, 9.17) is 0 Å². The van der Waals surface area contributed by atoms with Gasteiger partial charge in [-0.25, -0.2) is 0 Å². The van der Waals surface area contributed by atoms with Crippen LogP contribution in [0.25, 0.3) is 0 Å². The smallest absolute Gasteiger partial charge is 0.241 e. The third-order valence-electron chi connectivity index (χ3n) is 6.18. The fraction of sp³-hybridized carbons (Fsp3) is 0.458. The van der Waals surface area contributed by atoms with Crippen molar-refractivity contribution >= 4 is 34.6 Å². The molecule has 4 rings (SSSR count). The number of Topliss-reactive ketones (excluding diaryl/α,β-unsaturated/α-hetero) is 1. The number of nitrogens with zero attached hydrogens (tertiary/aromatic N) is 3. The lowest BCUT2D eigenvalue weighted by Crippen LogP contribution is -2.51. The van der Waals surface area contributed by atoms with Crippen LogP contribution in [0.1, 0.15) is 38.5 Å². The minimum absolute atomic E-state index is 0.0254. The minimum atomic E-state index is 0.0254. The number of benzene rings is 1. The van der Waals surface area contributed by atoms with E-state index in [1.807, 2.05) is 47.9 Å². The Kier molecular flexibility index (Phi) is 6.53. The number of carbonyl (C=O) groups excluding carboxylic acids is 3. The maximum absolute atomic E-state index is 12.8. The van der Waals surface area contributed by atoms with Gasteiger partial charge in [-0.2, -0.15) is 0 Å². The molecule has 1 fully saturated rings. The summed E-state index contributed by atoms with van der Waals surface area (Å²) in [6.07, 6.45) is 1.41. The van der Waals surface area contributed by atoms with Crippen molar-refractivity contribution in [2.45, 2.75) is 33.1 Å². The van der Waals surface area contributed by atoms with E-state index in [1.54, 1.807) is 11.3 Å². The molecule has 3 heterocycles. The lowest BCUT2D eigenvalue weighted by atomic mass is 10.1. The zero-order valence-electron chi connectivity index (χ0n) is 18.2. The number of para-hydroxylation sites is 1. The van der Waals surface area contributed by atoms with Crippen molar-refractivity contribution in [1.82, 2.24) is 9.80 Å². The molecule has 0 N–H and O–H groups in total. The molecule has 164 valence electrons. The lowest BCUT2D eigenvalue weighted by molar-refractivity contribution is -0.133. The van der Waals surface area contributed by atoms with Crippen molar-refractivity contribution in [3.63, 3.8) is 0 Å². The molecule has 1 aromatic heterocycles. The van der Waals surface area contributed by atoms with Crippen LogP contribution in [0.15, 0.2) is 30.3 Å². The number of amides is 2. The van der Waals surface area contributed by atoms with Crippen LogP contribution in [-0.2, 0) is 16.0 Å². The molecule has 0 radical (unpaired) electrons. The second-order valence-electron chi connectivity index (χ2n) is 8.33. The predicted octanol–water partition coefficient (Wildman–Crippen LogP) is 3.06. The summed E-state index contributed by atoms with van der Waals surface area (Å²) >= 11 is 1.62. The van der Waals surface area contributed by atoms with E-state index in [1.165, 1.54) is 5.56 Å². The molecule has 0 aliphatic carbocycles. The number of hydrogen-bond acceptors (Lipinski definition) is 5. The molecule has 2 aliphatic heterocycles. The average molecular weight is 440 g/mol. The van der Waals surface area contributed by atoms with Crippen molar-refractivity contribution < 1.29 is 14.4 Å². The molecule has 1 saturated heterocycles. The number of ketones is 1. The fourth-order valence-corrected chi connectivity index (χ4v) is 5.39. The van der Waals surface area contributed by atoms with Crippen LogP contribution in [-0.4, -0.2) is 66.7 Å². The number of anilines is 1. The van der Waals surface area contributed by atoms with E-state index >= 15 is 0 Å². The number of hydrogen-bond donors (Lipinski definition) is 0. The van der Waals surface area contributed by atoms with Crippen molar-refractivity contribution in [2.24, 2.45) is 0 Å². The molecule has 0 spiro atoms. The summed E-state index contributed by atoms with van der Waals surface area (Å²) in [5.74, 6) is 0.194. The van der Waals surface area contributed by atoms with Gasteiger partial charge in [-0.1, -0.05) is 18.2 Å². The monoisotopic (exact) mass is 439 g/mol. The van der Waals surface area contributed by atoms with E-state index in [-0.39, 0.29) is 30.4 Å². The Balaban J connectivity index is 1.22. The summed E-state index contributed by atoms with van der Waals surface area (Å²) in [6.45, 7) is 7.65. The molecule has 1 aromatic carbocycles. The average Bonchev–Trinajstić information content (AvgIpc) is 3.35. The minimum Gasteiger partial charge on any atom is -0.340 e. The number of carbonyl (C=O) groups is 3. The highest BCUT2D eigenvalue weighted by molar-refractivity contribution is 7.12. The Hall–Kier alpha value is -2.51. The molecule has 6 nitrogen and oxygen atoms in total. The summed E-state index contributed by atoms with van der Waals surface area (Å²) in [5, 5.41) is 0. The van der Waals surface area contributed by atoms with Gasteiger partial charge in [0, 0.05) is 66.6 Å². The van der Waals surface area contributed by atoms with E-state index in [0.29, 0.717) is 32.7 Å². The van der Waals surface area contributed by atoms with Gasteiger partial charge < -0.3 is 9.80 Å². The molecule has 0 saturated carbocycles. The maximum atomic E-state index is 12.8. The molecular weight excluding hydrogens is 410 g/mol. The van der Waals surface area contributed by atoms with Crippen molar-refractivity contribution in [3.8, 4) is 0 Å². The third-order valence-corrected chi connectivity index (χ3v) is 7.15. The first-order valence-electron chi connectivity index (χ1n) is 10.9. The van der Waals surface area contributed by atoms with Gasteiger partial charge in [-0.05, 0) is 38.0 Å². The molecule has 0 atom stereocenters. The van der Waals surface area contributed by atoms with Gasteiger partial charge in [0.2, 0.25) is 11.8 Å². The van der Waals surface area contributed by atoms with Crippen molar-refractivity contribution in [3.05, 3.63) is 51.2 Å². The van der Waals surface area contributed by atoms with Crippen LogP contribution in [0, 0.1) is 13.8 Å². The number of aryl methyl sites for hydroxylation is 2. The lowest BCUT2D eigenvalue weighted by Gasteiger charge is -2.35. The summed E-state index contributed by atoms with van der Waals surface area (Å²) in [6, 6.07) is 10.00. The van der Waals surface area contributed by atoms with E-state index in [9.17, 15) is 14.4 Å². The molecule has 2 aliphatic rings. The van der Waals surface area contributed by atoms with Crippen LogP contribution in [0.4, 0.5) is 5.69 Å². The van der Waals surface area contributed by atoms with Gasteiger partial charge in [-0.3, -0.25) is 19.3 Å². The Morgan fingerprint density at radius 3 is 2.39 bits per heavy atom. The molecule has 2 aromatic rings.